The van der Waals surface area contributed by atoms with Gasteiger partial charge < -0.3 is 14.2 Å². The minimum absolute atomic E-state index is 0.0634. The van der Waals surface area contributed by atoms with Crippen LogP contribution in [0.3, 0.4) is 0 Å². The molecule has 0 aliphatic rings. The fraction of sp³-hybridized carbons (Fsp3) is 0.952. The zero-order valence-electron chi connectivity index (χ0n) is 47.6. The van der Waals surface area contributed by atoms with Crippen molar-refractivity contribution in [2.24, 2.45) is 17.8 Å². The van der Waals surface area contributed by atoms with Gasteiger partial charge in [-0.3, -0.25) is 14.4 Å². The summed E-state index contributed by atoms with van der Waals surface area (Å²) in [5.41, 5.74) is 0. The second kappa shape index (κ2) is 54.2. The Morgan fingerprint density at radius 1 is 0.290 bits per heavy atom. The van der Waals surface area contributed by atoms with Gasteiger partial charge in [0.15, 0.2) is 6.10 Å². The van der Waals surface area contributed by atoms with Crippen LogP contribution in [0.5, 0.6) is 0 Å². The quantitative estimate of drug-likeness (QED) is 0.0343. The molecule has 0 bridgehead atoms. The molecule has 0 heterocycles. The van der Waals surface area contributed by atoms with Crippen molar-refractivity contribution in [3.63, 3.8) is 0 Å². The normalized spacial score (nSPS) is 12.9. The molecule has 0 aromatic rings. The molecule has 69 heavy (non-hydrogen) atoms. The number of hydrogen-bond acceptors (Lipinski definition) is 6. The second-order valence-corrected chi connectivity index (χ2v) is 22.7. The van der Waals surface area contributed by atoms with Gasteiger partial charge in [0, 0.05) is 19.3 Å². The van der Waals surface area contributed by atoms with Crippen LogP contribution in [0.1, 0.15) is 350 Å². The summed E-state index contributed by atoms with van der Waals surface area (Å²) < 4.78 is 16.9. The molecule has 2 unspecified atom stereocenters. The summed E-state index contributed by atoms with van der Waals surface area (Å²) in [6, 6.07) is 0. The highest BCUT2D eigenvalue weighted by Crippen LogP contribution is 2.20. The molecule has 0 N–H and O–H groups in total. The summed E-state index contributed by atoms with van der Waals surface area (Å²) in [6.45, 7) is 13.8. The number of carbonyl (C=O) groups excluding carboxylic acids is 3. The Hall–Kier alpha value is -1.59. The van der Waals surface area contributed by atoms with E-state index in [1.165, 1.54) is 231 Å². The predicted octanol–water partition coefficient (Wildman–Crippen LogP) is 20.7. The van der Waals surface area contributed by atoms with Crippen LogP contribution < -0.4 is 0 Å². The molecule has 0 aliphatic heterocycles. The predicted molar refractivity (Wildman–Crippen MR) is 298 cm³/mol. The summed E-state index contributed by atoms with van der Waals surface area (Å²) in [5.74, 6) is 1.76. The van der Waals surface area contributed by atoms with Crippen molar-refractivity contribution in [3.8, 4) is 0 Å². The van der Waals surface area contributed by atoms with Gasteiger partial charge in [-0.15, -0.1) is 0 Å². The molecule has 0 aliphatic carbocycles. The van der Waals surface area contributed by atoms with E-state index in [2.05, 4.69) is 41.5 Å². The smallest absolute Gasteiger partial charge is 0.306 e. The number of carbonyl (C=O) groups is 3. The molecule has 0 aromatic heterocycles. The van der Waals surface area contributed by atoms with Crippen molar-refractivity contribution in [1.29, 1.82) is 0 Å². The number of unbranched alkanes of at least 4 members (excludes halogenated alkanes) is 37. The first-order valence-electron chi connectivity index (χ1n) is 31.2. The third-order valence-corrected chi connectivity index (χ3v) is 15.1. The summed E-state index contributed by atoms with van der Waals surface area (Å²) >= 11 is 0. The number of esters is 3. The third-order valence-electron chi connectivity index (χ3n) is 15.1. The maximum atomic E-state index is 12.9. The van der Waals surface area contributed by atoms with Crippen LogP contribution in [0.25, 0.3) is 0 Å². The molecule has 410 valence electrons. The molecule has 0 saturated heterocycles. The Kier molecular flexibility index (Phi) is 52.9. The van der Waals surface area contributed by atoms with Crippen LogP contribution in [-0.2, 0) is 28.6 Å². The van der Waals surface area contributed by atoms with Gasteiger partial charge in [0.05, 0.1) is 0 Å². The van der Waals surface area contributed by atoms with Crippen LogP contribution in [0.4, 0.5) is 0 Å². The van der Waals surface area contributed by atoms with E-state index in [1.807, 2.05) is 0 Å². The molecule has 0 rings (SSSR count). The summed E-state index contributed by atoms with van der Waals surface area (Å²) in [6.07, 6.45) is 58.1. The van der Waals surface area contributed by atoms with Gasteiger partial charge in [-0.05, 0) is 37.0 Å². The monoisotopic (exact) mass is 975 g/mol. The molecular formula is C63H122O6. The minimum Gasteiger partial charge on any atom is -0.462 e. The fourth-order valence-electron chi connectivity index (χ4n) is 9.64. The van der Waals surface area contributed by atoms with Crippen molar-refractivity contribution >= 4 is 17.9 Å². The lowest BCUT2D eigenvalue weighted by Gasteiger charge is -2.18. The minimum atomic E-state index is -0.764. The maximum Gasteiger partial charge on any atom is 0.306 e. The van der Waals surface area contributed by atoms with Gasteiger partial charge >= 0.3 is 17.9 Å². The zero-order valence-corrected chi connectivity index (χ0v) is 47.6. The molecule has 0 amide bonds. The number of ether oxygens (including phenoxy) is 3. The molecule has 3 atom stereocenters. The standard InChI is InChI=1S/C63H122O6/c1-7-58(5)50-44-38-32-26-22-18-15-16-20-24-28-35-41-47-53-62(65)68-56-60(69-63(66)54-48-42-36-30-29-33-39-45-51-59(6)8-2)55-67-61(64)52-46-40-34-27-23-19-14-12-10-9-11-13-17-21-25-31-37-43-49-57(3)4/h57-60H,7-56H2,1-6H3/t58?,59?,60-/m1/s1. The molecular weight excluding hydrogens is 853 g/mol. The zero-order chi connectivity index (χ0) is 50.5. The van der Waals surface area contributed by atoms with Gasteiger partial charge in [-0.1, -0.05) is 311 Å². The fourth-order valence-corrected chi connectivity index (χ4v) is 9.64. The average Bonchev–Trinajstić information content (AvgIpc) is 3.34. The van der Waals surface area contributed by atoms with Crippen LogP contribution >= 0.6 is 0 Å². The van der Waals surface area contributed by atoms with E-state index in [0.717, 1.165) is 75.5 Å². The van der Waals surface area contributed by atoms with Crippen molar-refractivity contribution < 1.29 is 28.6 Å². The lowest BCUT2D eigenvalue weighted by Crippen LogP contribution is -2.30. The first kappa shape index (κ1) is 67.4. The molecule has 0 aromatic carbocycles. The van der Waals surface area contributed by atoms with Gasteiger partial charge in [-0.25, -0.2) is 0 Å². The largest absolute Gasteiger partial charge is 0.462 e. The Balaban J connectivity index is 4.23. The van der Waals surface area contributed by atoms with E-state index in [1.54, 1.807) is 0 Å². The highest BCUT2D eigenvalue weighted by molar-refractivity contribution is 5.71. The molecule has 0 radical (unpaired) electrons. The van der Waals surface area contributed by atoms with Crippen molar-refractivity contribution in [3.05, 3.63) is 0 Å². The molecule has 6 nitrogen and oxygen atoms in total. The van der Waals surface area contributed by atoms with Crippen molar-refractivity contribution in [1.82, 2.24) is 0 Å². The van der Waals surface area contributed by atoms with E-state index in [9.17, 15) is 14.4 Å². The summed E-state index contributed by atoms with van der Waals surface area (Å²) in [4.78, 5) is 38.2. The van der Waals surface area contributed by atoms with E-state index in [0.29, 0.717) is 19.3 Å². The van der Waals surface area contributed by atoms with E-state index in [-0.39, 0.29) is 31.1 Å². The van der Waals surface area contributed by atoms with Gasteiger partial charge in [0.2, 0.25) is 0 Å². The van der Waals surface area contributed by atoms with E-state index < -0.39 is 6.10 Å². The summed E-state index contributed by atoms with van der Waals surface area (Å²) in [5, 5.41) is 0. The molecule has 0 saturated carbocycles. The summed E-state index contributed by atoms with van der Waals surface area (Å²) in [7, 11) is 0. The van der Waals surface area contributed by atoms with E-state index in [4.69, 9.17) is 14.2 Å². The molecule has 0 fully saturated rings. The highest BCUT2D eigenvalue weighted by atomic mass is 16.6. The first-order chi connectivity index (χ1) is 33.7. The lowest BCUT2D eigenvalue weighted by molar-refractivity contribution is -0.167. The Labute approximate surface area is 431 Å². The maximum absolute atomic E-state index is 12.9. The van der Waals surface area contributed by atoms with Gasteiger partial charge in [0.25, 0.3) is 0 Å². The third kappa shape index (κ3) is 54.0. The molecule has 6 heteroatoms. The highest BCUT2D eigenvalue weighted by Gasteiger charge is 2.19. The topological polar surface area (TPSA) is 78.9 Å². The number of hydrogen-bond donors (Lipinski definition) is 0. The molecule has 0 spiro atoms. The SMILES string of the molecule is CCC(C)CCCCCCCCCCCCCCCCC(=O)OC[C@@H](COC(=O)CCCCCCCCCCCCCCCCCCCCC(C)C)OC(=O)CCCCCCCCCCC(C)CC. The average molecular weight is 976 g/mol. The Bertz CT molecular complexity index is 1070. The van der Waals surface area contributed by atoms with Gasteiger partial charge in [-0.2, -0.15) is 0 Å². The van der Waals surface area contributed by atoms with Crippen molar-refractivity contribution in [2.75, 3.05) is 13.2 Å². The first-order valence-corrected chi connectivity index (χ1v) is 31.2. The van der Waals surface area contributed by atoms with Crippen LogP contribution in [0, 0.1) is 17.8 Å². The van der Waals surface area contributed by atoms with Crippen LogP contribution in [0.15, 0.2) is 0 Å². The Morgan fingerprint density at radius 2 is 0.507 bits per heavy atom. The van der Waals surface area contributed by atoms with Crippen LogP contribution in [-0.4, -0.2) is 37.2 Å². The van der Waals surface area contributed by atoms with Gasteiger partial charge in [0.1, 0.15) is 13.2 Å². The lowest BCUT2D eigenvalue weighted by atomic mass is 9.99. The number of rotatable bonds is 56. The van der Waals surface area contributed by atoms with Crippen molar-refractivity contribution in [2.45, 2.75) is 356 Å². The second-order valence-electron chi connectivity index (χ2n) is 22.7. The van der Waals surface area contributed by atoms with Crippen LogP contribution in [0.2, 0.25) is 0 Å². The van der Waals surface area contributed by atoms with E-state index >= 15 is 0 Å². The Morgan fingerprint density at radius 3 is 0.754 bits per heavy atom.